The highest BCUT2D eigenvalue weighted by Crippen LogP contribution is 2.37. The first-order chi connectivity index (χ1) is 16.9. The monoisotopic (exact) mass is 480 g/mol. The average molecular weight is 481 g/mol. The Labute approximate surface area is 210 Å². The normalized spacial score (nSPS) is 11.5. The van der Waals surface area contributed by atoms with E-state index >= 15 is 0 Å². The van der Waals surface area contributed by atoms with Gasteiger partial charge in [-0.25, -0.2) is 0 Å². The molecule has 0 saturated heterocycles. The third kappa shape index (κ3) is 6.40. The maximum atomic E-state index is 13.5. The molecule has 0 fully saturated rings. The van der Waals surface area contributed by atoms with Crippen molar-refractivity contribution in [3.63, 3.8) is 0 Å². The molecular weight excluding hydrogens is 452 g/mol. The van der Waals surface area contributed by atoms with E-state index in [-0.39, 0.29) is 11.8 Å². The van der Waals surface area contributed by atoms with Crippen LogP contribution in [0.25, 0.3) is 0 Å². The molecule has 4 nitrogen and oxygen atoms in total. The second-order valence-electron chi connectivity index (χ2n) is 8.57. The van der Waals surface area contributed by atoms with E-state index in [2.05, 4.69) is 10.6 Å². The van der Waals surface area contributed by atoms with Gasteiger partial charge in [-0.1, -0.05) is 66.2 Å². The molecule has 0 aliphatic rings. The van der Waals surface area contributed by atoms with Gasteiger partial charge in [0, 0.05) is 21.8 Å². The number of nitrogens with one attached hydrogen (secondary N) is 2. The quantitative estimate of drug-likeness (QED) is 0.272. The Balaban J connectivity index is 1.56. The zero-order valence-electron chi connectivity index (χ0n) is 20.0. The number of hydrogen-bond donors (Lipinski definition) is 2. The molecule has 4 aromatic rings. The van der Waals surface area contributed by atoms with Crippen LogP contribution in [0.1, 0.15) is 37.9 Å². The van der Waals surface area contributed by atoms with Gasteiger partial charge in [0.1, 0.15) is 5.25 Å². The maximum absolute atomic E-state index is 13.5. The van der Waals surface area contributed by atoms with Gasteiger partial charge in [0.15, 0.2) is 0 Å². The van der Waals surface area contributed by atoms with Crippen molar-refractivity contribution < 1.29 is 9.59 Å². The predicted molar refractivity (Wildman–Crippen MR) is 145 cm³/mol. The fourth-order valence-corrected chi connectivity index (χ4v) is 4.83. The molecule has 4 aromatic carbocycles. The summed E-state index contributed by atoms with van der Waals surface area (Å²) in [5, 5.41) is 5.62. The van der Waals surface area contributed by atoms with Crippen LogP contribution in [0.4, 0.5) is 11.4 Å². The van der Waals surface area contributed by atoms with Crippen molar-refractivity contribution in [2.75, 3.05) is 10.6 Å². The number of rotatable bonds is 7. The highest BCUT2D eigenvalue weighted by atomic mass is 32.2. The van der Waals surface area contributed by atoms with Crippen LogP contribution in [-0.4, -0.2) is 11.8 Å². The van der Waals surface area contributed by atoms with Gasteiger partial charge in [-0.2, -0.15) is 0 Å². The van der Waals surface area contributed by atoms with Gasteiger partial charge >= 0.3 is 0 Å². The van der Waals surface area contributed by atoms with E-state index in [1.807, 2.05) is 112 Å². The Morgan fingerprint density at radius 3 is 2.23 bits per heavy atom. The number of benzene rings is 4. The molecule has 35 heavy (non-hydrogen) atoms. The minimum Gasteiger partial charge on any atom is -0.325 e. The summed E-state index contributed by atoms with van der Waals surface area (Å²) >= 11 is 1.46. The van der Waals surface area contributed by atoms with Crippen molar-refractivity contribution >= 4 is 35.0 Å². The van der Waals surface area contributed by atoms with Crippen LogP contribution in [0, 0.1) is 20.8 Å². The zero-order valence-corrected chi connectivity index (χ0v) is 20.9. The predicted octanol–water partition coefficient (Wildman–Crippen LogP) is 7.34. The molecule has 4 rings (SSSR count). The number of amides is 2. The van der Waals surface area contributed by atoms with Gasteiger partial charge in [-0.05, 0) is 73.9 Å². The molecule has 0 heterocycles. The SMILES string of the molecule is Cc1cccc(C(=O)Nc2cccc(SC(C(=O)Nc3cc(C)ccc3C)c3ccccc3)c2)c1. The summed E-state index contributed by atoms with van der Waals surface area (Å²) in [5.74, 6) is -0.257. The maximum Gasteiger partial charge on any atom is 0.255 e. The zero-order chi connectivity index (χ0) is 24.8. The number of thioether (sulfide) groups is 1. The number of carbonyl (C=O) groups is 2. The summed E-state index contributed by atoms with van der Waals surface area (Å²) < 4.78 is 0. The first-order valence-electron chi connectivity index (χ1n) is 11.5. The summed E-state index contributed by atoms with van der Waals surface area (Å²) in [6.07, 6.45) is 0. The number of aryl methyl sites for hydroxylation is 3. The van der Waals surface area contributed by atoms with Gasteiger partial charge in [-0.15, -0.1) is 11.8 Å². The molecule has 5 heteroatoms. The Morgan fingerprint density at radius 2 is 1.46 bits per heavy atom. The largest absolute Gasteiger partial charge is 0.325 e. The second-order valence-corrected chi connectivity index (χ2v) is 9.75. The lowest BCUT2D eigenvalue weighted by Gasteiger charge is -2.19. The number of carbonyl (C=O) groups excluding carboxylic acids is 2. The molecule has 2 N–H and O–H groups in total. The van der Waals surface area contributed by atoms with E-state index in [4.69, 9.17) is 0 Å². The summed E-state index contributed by atoms with van der Waals surface area (Å²) in [6.45, 7) is 5.95. The van der Waals surface area contributed by atoms with Crippen molar-refractivity contribution in [2.45, 2.75) is 30.9 Å². The Morgan fingerprint density at radius 1 is 0.714 bits per heavy atom. The van der Waals surface area contributed by atoms with Crippen LogP contribution >= 0.6 is 11.8 Å². The topological polar surface area (TPSA) is 58.2 Å². The first kappa shape index (κ1) is 24.3. The molecule has 0 radical (unpaired) electrons. The van der Waals surface area contributed by atoms with Crippen molar-refractivity contribution in [3.8, 4) is 0 Å². The summed E-state index contributed by atoms with van der Waals surface area (Å²) in [5.41, 5.74) is 6.16. The number of hydrogen-bond acceptors (Lipinski definition) is 3. The Hall–Kier alpha value is -3.83. The van der Waals surface area contributed by atoms with E-state index < -0.39 is 5.25 Å². The summed E-state index contributed by atoms with van der Waals surface area (Å²) in [7, 11) is 0. The minimum absolute atomic E-state index is 0.0934. The molecule has 0 aromatic heterocycles. The molecule has 0 bridgehead atoms. The van der Waals surface area contributed by atoms with Crippen LogP contribution in [0.2, 0.25) is 0 Å². The summed E-state index contributed by atoms with van der Waals surface area (Å²) in [6, 6.07) is 30.8. The molecule has 2 amide bonds. The first-order valence-corrected chi connectivity index (χ1v) is 12.3. The van der Waals surface area contributed by atoms with E-state index in [0.29, 0.717) is 11.3 Å². The van der Waals surface area contributed by atoms with Crippen molar-refractivity contribution in [2.24, 2.45) is 0 Å². The molecule has 1 atom stereocenters. The van der Waals surface area contributed by atoms with E-state index in [0.717, 1.165) is 32.8 Å². The van der Waals surface area contributed by atoms with Crippen molar-refractivity contribution in [1.82, 2.24) is 0 Å². The van der Waals surface area contributed by atoms with Gasteiger partial charge in [0.25, 0.3) is 5.91 Å². The lowest BCUT2D eigenvalue weighted by molar-refractivity contribution is -0.115. The fourth-order valence-electron chi connectivity index (χ4n) is 3.74. The lowest BCUT2D eigenvalue weighted by Crippen LogP contribution is -2.19. The lowest BCUT2D eigenvalue weighted by atomic mass is 10.1. The van der Waals surface area contributed by atoms with Crippen molar-refractivity contribution in [3.05, 3.63) is 125 Å². The molecule has 1 unspecified atom stereocenters. The molecule has 0 saturated carbocycles. The van der Waals surface area contributed by atoms with Gasteiger partial charge in [-0.3, -0.25) is 9.59 Å². The van der Waals surface area contributed by atoms with Crippen molar-refractivity contribution in [1.29, 1.82) is 0 Å². The average Bonchev–Trinajstić information content (AvgIpc) is 2.85. The molecule has 0 spiro atoms. The highest BCUT2D eigenvalue weighted by Gasteiger charge is 2.23. The Kier molecular flexibility index (Phi) is 7.68. The fraction of sp³-hybridized carbons (Fsp3) is 0.133. The van der Waals surface area contributed by atoms with Crippen LogP contribution in [0.3, 0.4) is 0 Å². The molecule has 0 aliphatic heterocycles. The highest BCUT2D eigenvalue weighted by molar-refractivity contribution is 8.00. The van der Waals surface area contributed by atoms with E-state index in [1.54, 1.807) is 6.07 Å². The van der Waals surface area contributed by atoms with Crippen LogP contribution < -0.4 is 10.6 Å². The van der Waals surface area contributed by atoms with Crippen LogP contribution in [-0.2, 0) is 4.79 Å². The second kappa shape index (κ2) is 11.1. The standard InChI is InChI=1S/C30H28N2O2S/c1-20-9-7-12-24(17-20)29(33)31-25-13-8-14-26(19-25)35-28(23-10-5-4-6-11-23)30(34)32-27-18-21(2)15-16-22(27)3/h4-19,28H,1-3H3,(H,31,33)(H,32,34). The van der Waals surface area contributed by atoms with Gasteiger partial charge < -0.3 is 10.6 Å². The van der Waals surface area contributed by atoms with E-state index in [9.17, 15) is 9.59 Å². The Bertz CT molecular complexity index is 1350. The third-order valence-corrected chi connectivity index (χ3v) is 6.87. The third-order valence-electron chi connectivity index (χ3n) is 5.62. The van der Waals surface area contributed by atoms with E-state index in [1.165, 1.54) is 11.8 Å². The molecule has 176 valence electrons. The van der Waals surface area contributed by atoms with Crippen LogP contribution in [0.15, 0.2) is 102 Å². The van der Waals surface area contributed by atoms with Gasteiger partial charge in [0.05, 0.1) is 0 Å². The smallest absolute Gasteiger partial charge is 0.255 e. The molecule has 0 aliphatic carbocycles. The van der Waals surface area contributed by atoms with Crippen LogP contribution in [0.5, 0.6) is 0 Å². The van der Waals surface area contributed by atoms with Gasteiger partial charge in [0.2, 0.25) is 5.91 Å². The minimum atomic E-state index is -0.459. The summed E-state index contributed by atoms with van der Waals surface area (Å²) in [4.78, 5) is 27.1. The number of anilines is 2. The molecular formula is C30H28N2O2S.